The topological polar surface area (TPSA) is 65.8 Å². The normalized spacial score (nSPS) is 27.1. The van der Waals surface area contributed by atoms with Crippen LogP contribution in [0.3, 0.4) is 0 Å². The Labute approximate surface area is 160 Å². The molecule has 0 aromatic carbocycles. The van der Waals surface area contributed by atoms with Crippen molar-refractivity contribution in [2.24, 2.45) is 5.41 Å². The minimum atomic E-state index is -0.0839. The van der Waals surface area contributed by atoms with Crippen LogP contribution < -0.4 is 0 Å². The van der Waals surface area contributed by atoms with Gasteiger partial charge in [0, 0.05) is 38.8 Å². The molecule has 1 amide bonds. The van der Waals surface area contributed by atoms with E-state index in [1.54, 1.807) is 7.11 Å². The van der Waals surface area contributed by atoms with E-state index >= 15 is 0 Å². The first-order valence-corrected chi connectivity index (χ1v) is 10.1. The fourth-order valence-electron chi connectivity index (χ4n) is 4.75. The highest BCUT2D eigenvalue weighted by molar-refractivity contribution is 5.94. The van der Waals surface area contributed by atoms with Crippen LogP contribution in [0.25, 0.3) is 0 Å². The molecule has 0 radical (unpaired) electrons. The monoisotopic (exact) mass is 377 g/mol. The average Bonchev–Trinajstić information content (AvgIpc) is 3.25. The van der Waals surface area contributed by atoms with Crippen LogP contribution >= 0.6 is 0 Å². The van der Waals surface area contributed by atoms with Gasteiger partial charge in [0.1, 0.15) is 5.69 Å². The molecule has 7 heteroatoms. The number of methoxy groups -OCH3 is 1. The Bertz CT molecular complexity index is 686. The third-order valence-corrected chi connectivity index (χ3v) is 6.40. The summed E-state index contributed by atoms with van der Waals surface area (Å²) in [6.07, 6.45) is 3.94. The molecule has 150 valence electrons. The number of likely N-dealkylation sites (tertiary alicyclic amines) is 1. The van der Waals surface area contributed by atoms with Crippen molar-refractivity contribution in [2.75, 3.05) is 40.0 Å². The predicted molar refractivity (Wildman–Crippen MR) is 99.8 cm³/mol. The van der Waals surface area contributed by atoms with Crippen LogP contribution in [0.15, 0.2) is 0 Å². The predicted octanol–water partition coefficient (Wildman–Crippen LogP) is 2.19. The van der Waals surface area contributed by atoms with Crippen LogP contribution in [0.2, 0.25) is 0 Å². The van der Waals surface area contributed by atoms with Crippen molar-refractivity contribution in [3.63, 3.8) is 0 Å². The van der Waals surface area contributed by atoms with E-state index in [4.69, 9.17) is 19.3 Å². The molecule has 1 aromatic rings. The minimum absolute atomic E-state index is 0.0839. The van der Waals surface area contributed by atoms with Crippen molar-refractivity contribution >= 4 is 5.91 Å². The molecular weight excluding hydrogens is 346 g/mol. The standard InChI is InChI=1S/C20H31N3O4/c1-14-12-16-17(15(2)27-14)21-23(9-11-25-3)18(16)19(24)22-7-4-20(5-8-22)6-10-26-13-20/h14-15H,4-13H2,1-3H3/t14-,15+/m0/s1. The number of hydrogen-bond donors (Lipinski definition) is 0. The van der Waals surface area contributed by atoms with Crippen LogP contribution in [0.5, 0.6) is 0 Å². The summed E-state index contributed by atoms with van der Waals surface area (Å²) in [7, 11) is 1.67. The summed E-state index contributed by atoms with van der Waals surface area (Å²) in [5, 5.41) is 4.73. The van der Waals surface area contributed by atoms with Gasteiger partial charge in [-0.3, -0.25) is 9.48 Å². The van der Waals surface area contributed by atoms with E-state index in [1.807, 2.05) is 16.5 Å². The largest absolute Gasteiger partial charge is 0.383 e. The summed E-state index contributed by atoms with van der Waals surface area (Å²) in [5.41, 5.74) is 3.00. The number of amides is 1. The zero-order valence-electron chi connectivity index (χ0n) is 16.7. The number of carbonyl (C=O) groups excluding carboxylic acids is 1. The molecule has 2 fully saturated rings. The van der Waals surface area contributed by atoms with Gasteiger partial charge in [-0.1, -0.05) is 0 Å². The average molecular weight is 377 g/mol. The first kappa shape index (κ1) is 18.9. The van der Waals surface area contributed by atoms with E-state index < -0.39 is 0 Å². The van der Waals surface area contributed by atoms with Crippen LogP contribution in [0.4, 0.5) is 0 Å². The third kappa shape index (κ3) is 3.52. The molecule has 1 spiro atoms. The van der Waals surface area contributed by atoms with E-state index in [2.05, 4.69) is 6.92 Å². The maximum Gasteiger partial charge on any atom is 0.272 e. The number of hydrogen-bond acceptors (Lipinski definition) is 5. The highest BCUT2D eigenvalue weighted by atomic mass is 16.5. The number of nitrogens with zero attached hydrogens (tertiary/aromatic N) is 3. The van der Waals surface area contributed by atoms with Gasteiger partial charge in [-0.25, -0.2) is 0 Å². The molecule has 1 aromatic heterocycles. The third-order valence-electron chi connectivity index (χ3n) is 6.40. The maximum absolute atomic E-state index is 13.5. The number of rotatable bonds is 4. The smallest absolute Gasteiger partial charge is 0.272 e. The van der Waals surface area contributed by atoms with Crippen LogP contribution in [0.1, 0.15) is 61.0 Å². The number of carbonyl (C=O) groups is 1. The summed E-state index contributed by atoms with van der Waals surface area (Å²) in [6.45, 7) is 8.50. The molecule has 3 aliphatic heterocycles. The molecule has 0 saturated carbocycles. The molecule has 4 heterocycles. The second-order valence-electron chi connectivity index (χ2n) is 8.32. The lowest BCUT2D eigenvalue weighted by Gasteiger charge is -2.38. The summed E-state index contributed by atoms with van der Waals surface area (Å²) in [6, 6.07) is 0. The Kier molecular flexibility index (Phi) is 5.27. The summed E-state index contributed by atoms with van der Waals surface area (Å²) in [4.78, 5) is 15.5. The molecule has 4 rings (SSSR count). The Morgan fingerprint density at radius 2 is 2.07 bits per heavy atom. The zero-order chi connectivity index (χ0) is 19.0. The van der Waals surface area contributed by atoms with Gasteiger partial charge in [0.05, 0.1) is 37.7 Å². The van der Waals surface area contributed by atoms with Gasteiger partial charge in [0.15, 0.2) is 0 Å². The van der Waals surface area contributed by atoms with Gasteiger partial charge in [-0.2, -0.15) is 5.10 Å². The Morgan fingerprint density at radius 3 is 2.74 bits per heavy atom. The van der Waals surface area contributed by atoms with Crippen molar-refractivity contribution in [3.8, 4) is 0 Å². The van der Waals surface area contributed by atoms with E-state index in [0.29, 0.717) is 18.6 Å². The molecule has 0 unspecified atom stereocenters. The minimum Gasteiger partial charge on any atom is -0.383 e. The summed E-state index contributed by atoms with van der Waals surface area (Å²) < 4.78 is 18.6. The molecule has 3 aliphatic rings. The van der Waals surface area contributed by atoms with Gasteiger partial charge in [0.2, 0.25) is 0 Å². The maximum atomic E-state index is 13.5. The number of piperidine rings is 1. The number of aromatic nitrogens is 2. The van der Waals surface area contributed by atoms with Crippen LogP contribution in [-0.4, -0.2) is 66.7 Å². The van der Waals surface area contributed by atoms with E-state index in [-0.39, 0.29) is 18.1 Å². The van der Waals surface area contributed by atoms with Crippen molar-refractivity contribution < 1.29 is 19.0 Å². The quantitative estimate of drug-likeness (QED) is 0.805. The van der Waals surface area contributed by atoms with E-state index in [1.165, 1.54) is 0 Å². The summed E-state index contributed by atoms with van der Waals surface area (Å²) >= 11 is 0. The Morgan fingerprint density at radius 1 is 1.30 bits per heavy atom. The van der Waals surface area contributed by atoms with E-state index in [0.717, 1.165) is 68.9 Å². The molecule has 7 nitrogen and oxygen atoms in total. The Balaban J connectivity index is 1.59. The molecular formula is C20H31N3O4. The number of fused-ring (bicyclic) bond motifs is 1. The fraction of sp³-hybridized carbons (Fsp3) is 0.800. The van der Waals surface area contributed by atoms with Gasteiger partial charge in [0.25, 0.3) is 5.91 Å². The molecule has 0 aliphatic carbocycles. The highest BCUT2D eigenvalue weighted by Crippen LogP contribution is 2.40. The molecule has 27 heavy (non-hydrogen) atoms. The first-order chi connectivity index (χ1) is 13.0. The van der Waals surface area contributed by atoms with E-state index in [9.17, 15) is 4.79 Å². The Hall–Kier alpha value is -1.44. The van der Waals surface area contributed by atoms with Crippen molar-refractivity contribution in [3.05, 3.63) is 17.0 Å². The molecule has 0 N–H and O–H groups in total. The van der Waals surface area contributed by atoms with Crippen molar-refractivity contribution in [1.29, 1.82) is 0 Å². The molecule has 2 atom stereocenters. The first-order valence-electron chi connectivity index (χ1n) is 10.1. The lowest BCUT2D eigenvalue weighted by atomic mass is 9.78. The van der Waals surface area contributed by atoms with Crippen LogP contribution in [0, 0.1) is 5.41 Å². The molecule has 0 bridgehead atoms. The fourth-order valence-corrected chi connectivity index (χ4v) is 4.75. The lowest BCUT2D eigenvalue weighted by Crippen LogP contribution is -2.44. The van der Waals surface area contributed by atoms with Crippen LogP contribution in [-0.2, 0) is 27.2 Å². The second-order valence-corrected chi connectivity index (χ2v) is 8.32. The molecule has 2 saturated heterocycles. The van der Waals surface area contributed by atoms with Gasteiger partial charge in [-0.05, 0) is 38.5 Å². The van der Waals surface area contributed by atoms with Gasteiger partial charge < -0.3 is 19.1 Å². The van der Waals surface area contributed by atoms with Gasteiger partial charge in [-0.15, -0.1) is 0 Å². The summed E-state index contributed by atoms with van der Waals surface area (Å²) in [5.74, 6) is 0.106. The number of ether oxygens (including phenoxy) is 3. The zero-order valence-corrected chi connectivity index (χ0v) is 16.7. The van der Waals surface area contributed by atoms with Crippen molar-refractivity contribution in [2.45, 2.75) is 58.3 Å². The van der Waals surface area contributed by atoms with Gasteiger partial charge >= 0.3 is 0 Å². The second kappa shape index (κ2) is 7.53. The SMILES string of the molecule is COCCn1nc2c(c1C(=O)N1CCC3(CCOC3)CC1)C[C@H](C)O[C@@H]2C. The highest BCUT2D eigenvalue weighted by Gasteiger charge is 2.41. The van der Waals surface area contributed by atoms with Crippen molar-refractivity contribution in [1.82, 2.24) is 14.7 Å². The lowest BCUT2D eigenvalue weighted by molar-refractivity contribution is -0.00723.